The van der Waals surface area contributed by atoms with Gasteiger partial charge in [0, 0.05) is 6.21 Å². The lowest BCUT2D eigenvalue weighted by atomic mass is 9.78. The fourth-order valence-electron chi connectivity index (χ4n) is 2.02. The quantitative estimate of drug-likeness (QED) is 0.525. The summed E-state index contributed by atoms with van der Waals surface area (Å²) < 4.78 is 0. The van der Waals surface area contributed by atoms with E-state index in [1.54, 1.807) is 0 Å². The van der Waals surface area contributed by atoms with Gasteiger partial charge in [0.05, 0.1) is 0 Å². The standard InChI is InChI=1S/C12H9N/c1-2-8-12-10(4-1)5-3-6-11(12)7-9-13-12/h1-9H. The molecule has 3 rings (SSSR count). The van der Waals surface area contributed by atoms with Crippen molar-refractivity contribution in [2.24, 2.45) is 4.99 Å². The first-order valence-corrected chi connectivity index (χ1v) is 4.43. The van der Waals surface area contributed by atoms with Gasteiger partial charge in [0.25, 0.3) is 0 Å². The van der Waals surface area contributed by atoms with Gasteiger partial charge in [-0.3, -0.25) is 4.99 Å². The molecule has 1 spiro atoms. The predicted molar refractivity (Wildman–Crippen MR) is 54.8 cm³/mol. The Hall–Kier alpha value is -1.63. The lowest BCUT2D eigenvalue weighted by Gasteiger charge is -2.30. The Morgan fingerprint density at radius 2 is 1.77 bits per heavy atom. The van der Waals surface area contributed by atoms with Gasteiger partial charge < -0.3 is 0 Å². The topological polar surface area (TPSA) is 12.4 Å². The average molecular weight is 167 g/mol. The molecule has 1 heterocycles. The van der Waals surface area contributed by atoms with Crippen LogP contribution in [0.5, 0.6) is 0 Å². The van der Waals surface area contributed by atoms with E-state index >= 15 is 0 Å². The van der Waals surface area contributed by atoms with E-state index in [9.17, 15) is 0 Å². The number of hydrogen-bond acceptors (Lipinski definition) is 1. The van der Waals surface area contributed by atoms with Crippen LogP contribution in [-0.4, -0.2) is 11.8 Å². The Balaban J connectivity index is 2.28. The summed E-state index contributed by atoms with van der Waals surface area (Å²) in [6, 6.07) is 0. The molecule has 0 N–H and O–H groups in total. The van der Waals surface area contributed by atoms with Crippen molar-refractivity contribution in [3.63, 3.8) is 0 Å². The predicted octanol–water partition coefficient (Wildman–Crippen LogP) is 2.36. The normalized spacial score (nSPS) is 32.6. The van der Waals surface area contributed by atoms with Crippen molar-refractivity contribution >= 4 is 6.21 Å². The lowest BCUT2D eigenvalue weighted by molar-refractivity contribution is 0.763. The Morgan fingerprint density at radius 1 is 0.923 bits per heavy atom. The van der Waals surface area contributed by atoms with Crippen molar-refractivity contribution < 1.29 is 0 Å². The van der Waals surface area contributed by atoms with Gasteiger partial charge in [-0.2, -0.15) is 0 Å². The van der Waals surface area contributed by atoms with Crippen molar-refractivity contribution in [1.82, 2.24) is 0 Å². The largest absolute Gasteiger partial charge is 0.273 e. The summed E-state index contributed by atoms with van der Waals surface area (Å²) in [7, 11) is 0. The molecule has 1 aliphatic heterocycles. The molecule has 0 bridgehead atoms. The second-order valence-corrected chi connectivity index (χ2v) is 3.37. The highest BCUT2D eigenvalue weighted by molar-refractivity contribution is 5.83. The third-order valence-corrected chi connectivity index (χ3v) is 2.69. The molecule has 1 unspecified atom stereocenters. The maximum absolute atomic E-state index is 4.54. The summed E-state index contributed by atoms with van der Waals surface area (Å²) in [5.41, 5.74) is 2.35. The van der Waals surface area contributed by atoms with Gasteiger partial charge in [-0.15, -0.1) is 0 Å². The highest BCUT2D eigenvalue weighted by atomic mass is 14.9. The van der Waals surface area contributed by atoms with Crippen LogP contribution in [0.2, 0.25) is 0 Å². The Bertz CT molecular complexity index is 430. The molecule has 0 amide bonds. The monoisotopic (exact) mass is 167 g/mol. The molecule has 1 atom stereocenters. The minimum absolute atomic E-state index is 0.177. The fourth-order valence-corrected chi connectivity index (χ4v) is 2.02. The number of hydrogen-bond donors (Lipinski definition) is 0. The number of allylic oxidation sites excluding steroid dienone is 5. The second-order valence-electron chi connectivity index (χ2n) is 3.37. The lowest BCUT2D eigenvalue weighted by Crippen LogP contribution is -2.28. The highest BCUT2D eigenvalue weighted by Crippen LogP contribution is 2.40. The van der Waals surface area contributed by atoms with Crippen LogP contribution in [-0.2, 0) is 0 Å². The molecule has 1 heteroatoms. The van der Waals surface area contributed by atoms with Crippen molar-refractivity contribution in [3.8, 4) is 0 Å². The molecular formula is C12H9N. The first-order chi connectivity index (χ1) is 6.42. The fraction of sp³-hybridized carbons (Fsp3) is 0.0833. The second kappa shape index (κ2) is 2.19. The van der Waals surface area contributed by atoms with Crippen LogP contribution in [0.25, 0.3) is 0 Å². The van der Waals surface area contributed by atoms with Gasteiger partial charge in [-0.05, 0) is 23.3 Å². The van der Waals surface area contributed by atoms with Gasteiger partial charge in [-0.25, -0.2) is 0 Å². The van der Waals surface area contributed by atoms with Crippen molar-refractivity contribution in [2.75, 3.05) is 0 Å². The highest BCUT2D eigenvalue weighted by Gasteiger charge is 2.36. The molecule has 2 aliphatic carbocycles. The minimum Gasteiger partial charge on any atom is -0.273 e. The number of nitrogens with zero attached hydrogens (tertiary/aromatic N) is 1. The third-order valence-electron chi connectivity index (χ3n) is 2.69. The van der Waals surface area contributed by atoms with Gasteiger partial charge in [0.1, 0.15) is 5.54 Å². The summed E-state index contributed by atoms with van der Waals surface area (Å²) in [6.45, 7) is 0. The molecule has 0 radical (unpaired) electrons. The zero-order chi connectivity index (χ0) is 8.73. The van der Waals surface area contributed by atoms with E-state index in [0.717, 1.165) is 0 Å². The summed E-state index contributed by atoms with van der Waals surface area (Å²) in [5.74, 6) is 0. The van der Waals surface area contributed by atoms with Crippen LogP contribution in [0.4, 0.5) is 0 Å². The molecule has 3 aliphatic rings. The molecule has 1 nitrogen and oxygen atoms in total. The van der Waals surface area contributed by atoms with Crippen LogP contribution in [0.3, 0.4) is 0 Å². The van der Waals surface area contributed by atoms with Gasteiger partial charge >= 0.3 is 0 Å². The van der Waals surface area contributed by atoms with Crippen LogP contribution in [0.1, 0.15) is 0 Å². The molecule has 0 saturated heterocycles. The minimum atomic E-state index is -0.177. The maximum Gasteiger partial charge on any atom is 0.129 e. The molecule has 0 aromatic heterocycles. The summed E-state index contributed by atoms with van der Waals surface area (Å²) in [6.07, 6.45) is 18.7. The molecule has 62 valence electrons. The molecule has 0 aromatic carbocycles. The van der Waals surface area contributed by atoms with Crippen LogP contribution in [0, 0.1) is 0 Å². The zero-order valence-electron chi connectivity index (χ0n) is 7.14. The third kappa shape index (κ3) is 0.738. The maximum atomic E-state index is 4.54. The van der Waals surface area contributed by atoms with E-state index in [1.165, 1.54) is 11.1 Å². The Kier molecular flexibility index (Phi) is 1.15. The van der Waals surface area contributed by atoms with E-state index in [1.807, 2.05) is 6.21 Å². The average Bonchev–Trinajstić information content (AvgIpc) is 2.58. The first-order valence-electron chi connectivity index (χ1n) is 4.43. The number of rotatable bonds is 0. The molecular weight excluding hydrogens is 158 g/mol. The number of aliphatic imine (C=N–C) groups is 1. The zero-order valence-corrected chi connectivity index (χ0v) is 7.14. The smallest absolute Gasteiger partial charge is 0.129 e. The van der Waals surface area contributed by atoms with Crippen LogP contribution in [0.15, 0.2) is 64.7 Å². The van der Waals surface area contributed by atoms with Crippen molar-refractivity contribution in [2.45, 2.75) is 5.54 Å². The van der Waals surface area contributed by atoms with Crippen molar-refractivity contribution in [3.05, 3.63) is 59.8 Å². The SMILES string of the molecule is C1=CC2=CC=CC3=CC=NC23C=C1. The van der Waals surface area contributed by atoms with Crippen LogP contribution >= 0.6 is 0 Å². The van der Waals surface area contributed by atoms with E-state index in [4.69, 9.17) is 0 Å². The van der Waals surface area contributed by atoms with Gasteiger partial charge in [0.2, 0.25) is 0 Å². The van der Waals surface area contributed by atoms with E-state index in [0.29, 0.717) is 0 Å². The molecule has 13 heavy (non-hydrogen) atoms. The van der Waals surface area contributed by atoms with Gasteiger partial charge in [-0.1, -0.05) is 36.5 Å². The summed E-state index contributed by atoms with van der Waals surface area (Å²) in [5, 5.41) is 0. The van der Waals surface area contributed by atoms with E-state index in [-0.39, 0.29) is 5.54 Å². The van der Waals surface area contributed by atoms with Crippen LogP contribution < -0.4 is 0 Å². The van der Waals surface area contributed by atoms with E-state index in [2.05, 4.69) is 53.6 Å². The first kappa shape index (κ1) is 6.84. The van der Waals surface area contributed by atoms with E-state index < -0.39 is 0 Å². The molecule has 0 saturated carbocycles. The molecule has 0 fully saturated rings. The van der Waals surface area contributed by atoms with Gasteiger partial charge in [0.15, 0.2) is 0 Å². The Labute approximate surface area is 77.2 Å². The molecule has 0 aromatic rings. The van der Waals surface area contributed by atoms with Crippen molar-refractivity contribution in [1.29, 1.82) is 0 Å². The Morgan fingerprint density at radius 3 is 2.77 bits per heavy atom. The summed E-state index contributed by atoms with van der Waals surface area (Å²) in [4.78, 5) is 4.54. The summed E-state index contributed by atoms with van der Waals surface area (Å²) >= 11 is 0.